The van der Waals surface area contributed by atoms with E-state index in [2.05, 4.69) is 41.5 Å². The van der Waals surface area contributed by atoms with Crippen LogP contribution in [0.15, 0.2) is 0 Å². The van der Waals surface area contributed by atoms with Crippen molar-refractivity contribution >= 4 is 39.5 Å². The maximum absolute atomic E-state index is 13.1. The molecule has 0 saturated heterocycles. The molecule has 0 aromatic rings. The van der Waals surface area contributed by atoms with Crippen molar-refractivity contribution in [1.29, 1.82) is 0 Å². The van der Waals surface area contributed by atoms with E-state index in [0.29, 0.717) is 25.7 Å². The molecule has 0 bridgehead atoms. The predicted molar refractivity (Wildman–Crippen MR) is 432 cm³/mol. The average Bonchev–Trinajstić information content (AvgIpc) is 0.909. The van der Waals surface area contributed by atoms with Gasteiger partial charge in [0.2, 0.25) is 0 Å². The van der Waals surface area contributed by atoms with E-state index in [4.69, 9.17) is 37.0 Å². The number of aliphatic hydroxyl groups excluding tert-OH is 1. The molecule has 105 heavy (non-hydrogen) atoms. The van der Waals surface area contributed by atoms with Gasteiger partial charge < -0.3 is 33.8 Å². The third kappa shape index (κ3) is 77.2. The van der Waals surface area contributed by atoms with Gasteiger partial charge in [-0.05, 0) is 37.5 Å². The van der Waals surface area contributed by atoms with Crippen LogP contribution < -0.4 is 0 Å². The Morgan fingerprint density at radius 3 is 0.676 bits per heavy atom. The first-order valence-electron chi connectivity index (χ1n) is 44.6. The Labute approximate surface area is 645 Å². The van der Waals surface area contributed by atoms with Gasteiger partial charge in [-0.25, -0.2) is 9.13 Å². The van der Waals surface area contributed by atoms with Crippen LogP contribution in [0, 0.1) is 11.8 Å². The zero-order chi connectivity index (χ0) is 77.1. The highest BCUT2D eigenvalue weighted by atomic mass is 31.2. The molecule has 0 aliphatic rings. The second-order valence-electron chi connectivity index (χ2n) is 31.4. The fourth-order valence-electron chi connectivity index (χ4n) is 13.4. The van der Waals surface area contributed by atoms with Crippen LogP contribution in [0.1, 0.15) is 459 Å². The number of rotatable bonds is 85. The molecule has 0 aliphatic heterocycles. The SMILES string of the molecule is CCCCCCCCCCCCCCCCCCCCCCC(=O)OC[C@H](COP(=O)(O)OC[C@@H](O)COP(=O)(O)OC[C@@H](COC(=O)CCCCCCC)OC(=O)CCCCCCCCCCCCCCCCC(C)CC)OC(=O)CCCCCCCCCCCCCCCCCCCCC(C)CC. The van der Waals surface area contributed by atoms with Crippen molar-refractivity contribution in [1.82, 2.24) is 0 Å². The van der Waals surface area contributed by atoms with E-state index >= 15 is 0 Å². The van der Waals surface area contributed by atoms with Gasteiger partial charge in [0.25, 0.3) is 0 Å². The summed E-state index contributed by atoms with van der Waals surface area (Å²) in [6, 6.07) is 0. The van der Waals surface area contributed by atoms with E-state index in [9.17, 15) is 43.2 Å². The summed E-state index contributed by atoms with van der Waals surface area (Å²) in [7, 11) is -9.92. The predicted octanol–water partition coefficient (Wildman–Crippen LogP) is 26.2. The number of carbonyl (C=O) groups is 4. The number of carbonyl (C=O) groups excluding carboxylic acids is 4. The van der Waals surface area contributed by atoms with Crippen LogP contribution in [0.3, 0.4) is 0 Å². The molecule has 4 unspecified atom stereocenters. The molecule has 0 aromatic heterocycles. The monoisotopic (exact) mass is 1540 g/mol. The lowest BCUT2D eigenvalue weighted by molar-refractivity contribution is -0.161. The Kier molecular flexibility index (Phi) is 76.0. The van der Waals surface area contributed by atoms with Gasteiger partial charge in [-0.1, -0.05) is 408 Å². The topological polar surface area (TPSA) is 237 Å². The minimum atomic E-state index is -4.96. The highest BCUT2D eigenvalue weighted by Gasteiger charge is 2.30. The van der Waals surface area contributed by atoms with E-state index in [0.717, 1.165) is 108 Å². The summed E-state index contributed by atoms with van der Waals surface area (Å²) >= 11 is 0. The van der Waals surface area contributed by atoms with Crippen LogP contribution >= 0.6 is 15.6 Å². The Morgan fingerprint density at radius 2 is 0.457 bits per heavy atom. The number of hydrogen-bond donors (Lipinski definition) is 3. The van der Waals surface area contributed by atoms with E-state index in [1.807, 2.05) is 0 Å². The van der Waals surface area contributed by atoms with Gasteiger partial charge in [-0.2, -0.15) is 0 Å². The van der Waals surface area contributed by atoms with Crippen LogP contribution in [0.25, 0.3) is 0 Å². The quantitative estimate of drug-likeness (QED) is 0.0222. The summed E-state index contributed by atoms with van der Waals surface area (Å²) in [5.74, 6) is -0.397. The maximum atomic E-state index is 13.1. The van der Waals surface area contributed by atoms with Gasteiger partial charge in [-0.3, -0.25) is 37.3 Å². The molecule has 19 heteroatoms. The first kappa shape index (κ1) is 103. The van der Waals surface area contributed by atoms with Gasteiger partial charge in [0.05, 0.1) is 26.4 Å². The molecule has 0 aromatic carbocycles. The molecule has 0 rings (SSSR count). The molecule has 0 fully saturated rings. The smallest absolute Gasteiger partial charge is 0.462 e. The molecule has 0 heterocycles. The number of aliphatic hydroxyl groups is 1. The van der Waals surface area contributed by atoms with Crippen molar-refractivity contribution in [3.63, 3.8) is 0 Å². The molecule has 17 nitrogen and oxygen atoms in total. The molecule has 0 spiro atoms. The fourth-order valence-corrected chi connectivity index (χ4v) is 14.9. The van der Waals surface area contributed by atoms with Crippen LogP contribution in [0.4, 0.5) is 0 Å². The standard InChI is InChI=1S/C86H168O17P2/c1-7-11-13-15-16-17-18-19-20-21-22-23-27-30-36-41-46-51-57-63-69-84(89)97-75-82(103-86(91)71-65-58-52-47-42-37-31-28-25-24-26-29-34-39-44-49-55-60-66-78(5)9-3)77-101-105(94,95)99-73-80(87)72-98-104(92,93)100-76-81(74-96-83(88)68-62-54-14-12-8-2)102-85(90)70-64-59-53-48-43-38-33-32-35-40-45-50-56-61-67-79(6)10-4/h78-82,87H,7-77H2,1-6H3,(H,92,93)(H,94,95)/t78?,79?,80-,81+,82+/m0/s1. The van der Waals surface area contributed by atoms with Gasteiger partial charge in [-0.15, -0.1) is 0 Å². The summed E-state index contributed by atoms with van der Waals surface area (Å²) < 4.78 is 68.6. The first-order chi connectivity index (χ1) is 50.9. The molecule has 7 atom stereocenters. The fraction of sp³-hybridized carbons (Fsp3) is 0.953. The minimum Gasteiger partial charge on any atom is -0.462 e. The van der Waals surface area contributed by atoms with E-state index in [1.54, 1.807) is 0 Å². The van der Waals surface area contributed by atoms with Gasteiger partial charge in [0, 0.05) is 25.7 Å². The summed E-state index contributed by atoms with van der Waals surface area (Å²) in [4.78, 5) is 72.9. The summed E-state index contributed by atoms with van der Waals surface area (Å²) in [6.45, 7) is 9.69. The Balaban J connectivity index is 5.10. The lowest BCUT2D eigenvalue weighted by Crippen LogP contribution is -2.30. The van der Waals surface area contributed by atoms with E-state index in [-0.39, 0.29) is 25.7 Å². The molecule has 0 radical (unpaired) electrons. The number of hydrogen-bond acceptors (Lipinski definition) is 15. The molecule has 3 N–H and O–H groups in total. The van der Waals surface area contributed by atoms with Crippen molar-refractivity contribution in [2.45, 2.75) is 477 Å². The summed E-state index contributed by atoms with van der Waals surface area (Å²) in [6.07, 6.45) is 69.9. The van der Waals surface area contributed by atoms with Gasteiger partial charge >= 0.3 is 39.5 Å². The van der Waals surface area contributed by atoms with E-state index in [1.165, 1.54) is 270 Å². The highest BCUT2D eigenvalue weighted by molar-refractivity contribution is 7.47. The summed E-state index contributed by atoms with van der Waals surface area (Å²) in [5, 5.41) is 10.6. The lowest BCUT2D eigenvalue weighted by atomic mass is 9.99. The molecular formula is C86H168O17P2. The first-order valence-corrected chi connectivity index (χ1v) is 47.6. The third-order valence-electron chi connectivity index (χ3n) is 20.9. The third-order valence-corrected chi connectivity index (χ3v) is 22.8. The van der Waals surface area contributed by atoms with Gasteiger partial charge in [0.15, 0.2) is 12.2 Å². The zero-order valence-corrected chi connectivity index (χ0v) is 70.8. The summed E-state index contributed by atoms with van der Waals surface area (Å²) in [5.41, 5.74) is 0. The zero-order valence-electron chi connectivity index (χ0n) is 69.0. The second kappa shape index (κ2) is 77.4. The molecule has 0 amide bonds. The Morgan fingerprint density at radius 1 is 0.267 bits per heavy atom. The van der Waals surface area contributed by atoms with Crippen LogP contribution in [0.5, 0.6) is 0 Å². The highest BCUT2D eigenvalue weighted by Crippen LogP contribution is 2.45. The number of phosphoric ester groups is 2. The van der Waals surface area contributed by atoms with Crippen molar-refractivity contribution in [3.8, 4) is 0 Å². The lowest BCUT2D eigenvalue weighted by Gasteiger charge is -2.21. The Bertz CT molecular complexity index is 2010. The maximum Gasteiger partial charge on any atom is 0.472 e. The number of esters is 4. The van der Waals surface area contributed by atoms with Crippen LogP contribution in [-0.2, 0) is 65.4 Å². The van der Waals surface area contributed by atoms with Crippen molar-refractivity contribution < 1.29 is 80.2 Å². The minimum absolute atomic E-state index is 0.107. The number of unbranched alkanes of at least 4 members (excludes halogenated alkanes) is 53. The second-order valence-corrected chi connectivity index (χ2v) is 34.3. The average molecular weight is 1540 g/mol. The molecule has 624 valence electrons. The van der Waals surface area contributed by atoms with Crippen molar-refractivity contribution in [3.05, 3.63) is 0 Å². The molecule has 0 aliphatic carbocycles. The molecule has 0 saturated carbocycles. The number of phosphoric acid groups is 2. The van der Waals surface area contributed by atoms with Crippen LogP contribution in [0.2, 0.25) is 0 Å². The Hall–Kier alpha value is -1.94. The van der Waals surface area contributed by atoms with E-state index < -0.39 is 97.5 Å². The van der Waals surface area contributed by atoms with Crippen molar-refractivity contribution in [2.24, 2.45) is 11.8 Å². The van der Waals surface area contributed by atoms with Crippen LogP contribution in [-0.4, -0.2) is 96.7 Å². The molecular weight excluding hydrogens is 1370 g/mol. The number of ether oxygens (including phenoxy) is 4. The van der Waals surface area contributed by atoms with Gasteiger partial charge in [0.1, 0.15) is 19.3 Å². The normalized spacial score (nSPS) is 14.3. The largest absolute Gasteiger partial charge is 0.472 e. The van der Waals surface area contributed by atoms with Crippen molar-refractivity contribution in [2.75, 3.05) is 39.6 Å².